The van der Waals surface area contributed by atoms with Gasteiger partial charge in [0.25, 0.3) is 5.91 Å². The maximum Gasteiger partial charge on any atom is 0.257 e. The number of rotatable bonds is 4. The summed E-state index contributed by atoms with van der Waals surface area (Å²) in [5, 5.41) is 0. The van der Waals surface area contributed by atoms with Crippen LogP contribution in [0.3, 0.4) is 0 Å². The van der Waals surface area contributed by atoms with Gasteiger partial charge in [-0.2, -0.15) is 0 Å². The van der Waals surface area contributed by atoms with Crippen LogP contribution in [0.25, 0.3) is 0 Å². The van der Waals surface area contributed by atoms with E-state index in [1.807, 2.05) is 18.2 Å². The molecule has 1 aromatic carbocycles. The Morgan fingerprint density at radius 1 is 1.33 bits per heavy atom. The van der Waals surface area contributed by atoms with Crippen molar-refractivity contribution in [3.63, 3.8) is 0 Å². The molecule has 0 unspecified atom stereocenters. The zero-order valence-corrected chi connectivity index (χ0v) is 12.9. The van der Waals surface area contributed by atoms with Crippen LogP contribution >= 0.6 is 15.9 Å². The molecule has 0 atom stereocenters. The number of hydrogen-bond donors (Lipinski definition) is 0. The largest absolute Gasteiger partial charge is 0.330 e. The van der Waals surface area contributed by atoms with Crippen LogP contribution in [0.15, 0.2) is 47.1 Å². The second-order valence-corrected chi connectivity index (χ2v) is 6.03. The van der Waals surface area contributed by atoms with Crippen molar-refractivity contribution in [3.8, 4) is 0 Å². The third-order valence-corrected chi connectivity index (χ3v) is 3.96. The first-order valence-corrected chi connectivity index (χ1v) is 7.60. The molecule has 3 nitrogen and oxygen atoms in total. The van der Waals surface area contributed by atoms with Gasteiger partial charge in [0.15, 0.2) is 0 Å². The summed E-state index contributed by atoms with van der Waals surface area (Å²) in [4.78, 5) is 18.6. The van der Waals surface area contributed by atoms with Gasteiger partial charge in [-0.1, -0.05) is 22.0 Å². The first-order valence-electron chi connectivity index (χ1n) is 6.81. The first-order chi connectivity index (χ1) is 10.1. The minimum Gasteiger partial charge on any atom is -0.330 e. The van der Waals surface area contributed by atoms with E-state index in [0.717, 1.165) is 18.5 Å². The number of carbonyl (C=O) groups excluding carboxylic acids is 1. The van der Waals surface area contributed by atoms with Gasteiger partial charge in [0.2, 0.25) is 0 Å². The molecule has 1 amide bonds. The third kappa shape index (κ3) is 3.29. The van der Waals surface area contributed by atoms with Gasteiger partial charge >= 0.3 is 0 Å². The Kier molecular flexibility index (Phi) is 4.01. The van der Waals surface area contributed by atoms with E-state index < -0.39 is 5.82 Å². The van der Waals surface area contributed by atoms with Crippen LogP contribution < -0.4 is 0 Å². The fourth-order valence-corrected chi connectivity index (χ4v) is 2.57. The van der Waals surface area contributed by atoms with Crippen molar-refractivity contribution in [2.45, 2.75) is 25.4 Å². The number of aromatic nitrogens is 1. The molecule has 0 radical (unpaired) electrons. The highest BCUT2D eigenvalue weighted by atomic mass is 79.9. The van der Waals surface area contributed by atoms with E-state index >= 15 is 0 Å². The summed E-state index contributed by atoms with van der Waals surface area (Å²) in [6.07, 6.45) is 3.64. The molecule has 2 aromatic rings. The molecule has 0 saturated heterocycles. The summed E-state index contributed by atoms with van der Waals surface area (Å²) >= 11 is 3.20. The average molecular weight is 349 g/mol. The Balaban J connectivity index is 1.85. The molecule has 108 valence electrons. The van der Waals surface area contributed by atoms with Crippen molar-refractivity contribution in [1.82, 2.24) is 9.88 Å². The quantitative estimate of drug-likeness (QED) is 0.842. The molecule has 5 heteroatoms. The lowest BCUT2D eigenvalue weighted by atomic mass is 10.1. The normalized spacial score (nSPS) is 14.0. The van der Waals surface area contributed by atoms with Gasteiger partial charge in [-0.3, -0.25) is 9.78 Å². The standard InChI is InChI=1S/C16H14BrFN2O/c17-11-4-7-14(15(18)9-11)16(21)20(13-5-6-13)10-12-3-1-2-8-19-12/h1-4,7-9,13H,5-6,10H2. The Morgan fingerprint density at radius 3 is 2.76 bits per heavy atom. The first kappa shape index (κ1) is 14.2. The highest BCUT2D eigenvalue weighted by Gasteiger charge is 2.34. The number of hydrogen-bond acceptors (Lipinski definition) is 2. The average Bonchev–Trinajstić information content (AvgIpc) is 3.30. The van der Waals surface area contributed by atoms with Crippen molar-refractivity contribution in [1.29, 1.82) is 0 Å². The van der Waals surface area contributed by atoms with Crippen LogP contribution in [0, 0.1) is 5.82 Å². The molecule has 1 aliphatic carbocycles. The number of pyridine rings is 1. The molecule has 3 rings (SSSR count). The second-order valence-electron chi connectivity index (χ2n) is 5.11. The van der Waals surface area contributed by atoms with E-state index in [9.17, 15) is 9.18 Å². The van der Waals surface area contributed by atoms with Gasteiger partial charge in [0.1, 0.15) is 5.82 Å². The monoisotopic (exact) mass is 348 g/mol. The zero-order chi connectivity index (χ0) is 14.8. The minimum atomic E-state index is -0.499. The van der Waals surface area contributed by atoms with Crippen LogP contribution in [0.1, 0.15) is 28.9 Å². The molecule has 0 N–H and O–H groups in total. The van der Waals surface area contributed by atoms with E-state index in [2.05, 4.69) is 20.9 Å². The Bertz CT molecular complexity index is 659. The molecule has 1 fully saturated rings. The smallest absolute Gasteiger partial charge is 0.257 e. The predicted octanol–water partition coefficient (Wildman–Crippen LogP) is 3.79. The zero-order valence-electron chi connectivity index (χ0n) is 11.3. The topological polar surface area (TPSA) is 33.2 Å². The van der Waals surface area contributed by atoms with Crippen LogP contribution in [0.2, 0.25) is 0 Å². The predicted molar refractivity (Wildman–Crippen MR) is 81.2 cm³/mol. The van der Waals surface area contributed by atoms with Crippen molar-refractivity contribution in [2.24, 2.45) is 0 Å². The number of halogens is 2. The number of carbonyl (C=O) groups is 1. The molecule has 0 bridgehead atoms. The second kappa shape index (κ2) is 5.93. The molecule has 1 saturated carbocycles. The molecule has 0 spiro atoms. The lowest BCUT2D eigenvalue weighted by Crippen LogP contribution is -2.33. The molecule has 1 heterocycles. The molecular formula is C16H14BrFN2O. The molecular weight excluding hydrogens is 335 g/mol. The highest BCUT2D eigenvalue weighted by Crippen LogP contribution is 2.30. The van der Waals surface area contributed by atoms with E-state index in [4.69, 9.17) is 0 Å². The maximum absolute atomic E-state index is 14.0. The molecule has 1 aromatic heterocycles. The summed E-state index contributed by atoms with van der Waals surface area (Å²) in [5.41, 5.74) is 0.927. The Morgan fingerprint density at radius 2 is 2.14 bits per heavy atom. The van der Waals surface area contributed by atoms with E-state index in [-0.39, 0.29) is 17.5 Å². The molecule has 21 heavy (non-hydrogen) atoms. The summed E-state index contributed by atoms with van der Waals surface area (Å²) in [7, 11) is 0. The lowest BCUT2D eigenvalue weighted by Gasteiger charge is -2.22. The fraction of sp³-hybridized carbons (Fsp3) is 0.250. The van der Waals surface area contributed by atoms with E-state index in [1.165, 1.54) is 12.1 Å². The van der Waals surface area contributed by atoms with Crippen LogP contribution in [-0.4, -0.2) is 21.8 Å². The molecule has 0 aliphatic heterocycles. The Labute approximate surface area is 130 Å². The summed E-state index contributed by atoms with van der Waals surface area (Å²) in [6.45, 7) is 0.417. The summed E-state index contributed by atoms with van der Waals surface area (Å²) in [6, 6.07) is 10.3. The molecule has 1 aliphatic rings. The van der Waals surface area contributed by atoms with Crippen molar-refractivity contribution >= 4 is 21.8 Å². The highest BCUT2D eigenvalue weighted by molar-refractivity contribution is 9.10. The van der Waals surface area contributed by atoms with Crippen molar-refractivity contribution < 1.29 is 9.18 Å². The van der Waals surface area contributed by atoms with E-state index in [1.54, 1.807) is 17.2 Å². The van der Waals surface area contributed by atoms with Gasteiger partial charge < -0.3 is 4.90 Å². The lowest BCUT2D eigenvalue weighted by molar-refractivity contribution is 0.0723. The summed E-state index contributed by atoms with van der Waals surface area (Å²) < 4.78 is 14.6. The summed E-state index contributed by atoms with van der Waals surface area (Å²) in [5.74, 6) is -0.769. The van der Waals surface area contributed by atoms with Crippen molar-refractivity contribution in [3.05, 3.63) is 64.1 Å². The number of benzene rings is 1. The van der Waals surface area contributed by atoms with Crippen LogP contribution in [0.4, 0.5) is 4.39 Å². The van der Waals surface area contributed by atoms with Gasteiger partial charge in [0.05, 0.1) is 17.8 Å². The SMILES string of the molecule is O=C(c1ccc(Br)cc1F)N(Cc1ccccn1)C1CC1. The maximum atomic E-state index is 14.0. The van der Waals surface area contributed by atoms with Gasteiger partial charge in [-0.05, 0) is 43.2 Å². The fourth-order valence-electron chi connectivity index (χ4n) is 2.24. The number of nitrogens with zero attached hydrogens (tertiary/aromatic N) is 2. The van der Waals surface area contributed by atoms with Crippen LogP contribution in [-0.2, 0) is 6.54 Å². The number of amides is 1. The van der Waals surface area contributed by atoms with Crippen LogP contribution in [0.5, 0.6) is 0 Å². The van der Waals surface area contributed by atoms with Gasteiger partial charge in [0, 0.05) is 16.7 Å². The minimum absolute atomic E-state index is 0.112. The third-order valence-electron chi connectivity index (χ3n) is 3.47. The van der Waals surface area contributed by atoms with E-state index in [0.29, 0.717) is 11.0 Å². The van der Waals surface area contributed by atoms with Gasteiger partial charge in [-0.25, -0.2) is 4.39 Å². The van der Waals surface area contributed by atoms with Crippen molar-refractivity contribution in [2.75, 3.05) is 0 Å². The Hall–Kier alpha value is -1.75. The van der Waals surface area contributed by atoms with Gasteiger partial charge in [-0.15, -0.1) is 0 Å².